The second-order valence-corrected chi connectivity index (χ2v) is 15.7. The summed E-state index contributed by atoms with van der Waals surface area (Å²) in [7, 11) is 0. The van der Waals surface area contributed by atoms with Gasteiger partial charge in [-0.25, -0.2) is 19.6 Å². The van der Waals surface area contributed by atoms with Crippen molar-refractivity contribution in [3.63, 3.8) is 0 Å². The molecule has 0 radical (unpaired) electrons. The Labute approximate surface area is 299 Å². The van der Waals surface area contributed by atoms with Crippen molar-refractivity contribution < 1.29 is 28.5 Å². The number of amides is 2. The van der Waals surface area contributed by atoms with Gasteiger partial charge in [0, 0.05) is 76.1 Å². The van der Waals surface area contributed by atoms with Gasteiger partial charge in [-0.2, -0.15) is 0 Å². The van der Waals surface area contributed by atoms with Crippen LogP contribution in [0.25, 0.3) is 11.4 Å². The van der Waals surface area contributed by atoms with E-state index in [2.05, 4.69) is 44.2 Å². The molecule has 2 spiro atoms. The zero-order valence-electron chi connectivity index (χ0n) is 30.6. The largest absolute Gasteiger partial charge is 0.463 e. The number of aryl methyl sites for hydroxylation is 1. The van der Waals surface area contributed by atoms with Gasteiger partial charge in [-0.3, -0.25) is 0 Å². The second-order valence-electron chi connectivity index (χ2n) is 15.7. The van der Waals surface area contributed by atoms with Crippen LogP contribution in [0.3, 0.4) is 0 Å². The maximum atomic E-state index is 12.4. The van der Waals surface area contributed by atoms with Crippen LogP contribution in [0.5, 0.6) is 11.8 Å². The summed E-state index contributed by atoms with van der Waals surface area (Å²) in [6, 6.07) is 16.2. The van der Waals surface area contributed by atoms with Crippen molar-refractivity contribution in [2.24, 2.45) is 0 Å². The average molecular weight is 697 g/mol. The number of ether oxygens (including phenoxy) is 4. The smallest absolute Gasteiger partial charge is 0.410 e. The van der Waals surface area contributed by atoms with Gasteiger partial charge < -0.3 is 37.9 Å². The Kier molecular flexibility index (Phi) is 8.54. The number of pyridine rings is 2. The number of piperidine rings is 2. The van der Waals surface area contributed by atoms with Crippen molar-refractivity contribution in [1.82, 2.24) is 28.9 Å². The summed E-state index contributed by atoms with van der Waals surface area (Å²) in [5.74, 6) is 1.31. The molecule has 12 heteroatoms. The zero-order chi connectivity index (χ0) is 36.2. The first kappa shape index (κ1) is 34.4. The molecule has 0 N–H and O–H groups in total. The van der Waals surface area contributed by atoms with Crippen LogP contribution in [-0.4, -0.2) is 78.5 Å². The van der Waals surface area contributed by atoms with E-state index in [9.17, 15) is 9.59 Å². The molecule has 12 nitrogen and oxygen atoms in total. The van der Waals surface area contributed by atoms with Gasteiger partial charge >= 0.3 is 12.2 Å². The molecule has 2 fully saturated rings. The normalized spacial score (nSPS) is 18.2. The van der Waals surface area contributed by atoms with Crippen molar-refractivity contribution >= 4 is 12.2 Å². The van der Waals surface area contributed by atoms with E-state index in [1.807, 2.05) is 78.1 Å². The Balaban J connectivity index is 0.000000159. The number of carbonyl (C=O) groups excluding carboxylic acids is 2. The lowest BCUT2D eigenvalue weighted by Gasteiger charge is -2.44. The summed E-state index contributed by atoms with van der Waals surface area (Å²) in [4.78, 5) is 37.1. The average Bonchev–Trinajstić information content (AvgIpc) is 3.73. The monoisotopic (exact) mass is 696 g/mol. The first-order valence-corrected chi connectivity index (χ1v) is 17.8. The number of likely N-dealkylation sites (tertiary alicyclic amines) is 2. The van der Waals surface area contributed by atoms with Gasteiger partial charge in [0.05, 0.1) is 11.4 Å². The first-order chi connectivity index (χ1) is 24.2. The molecule has 8 heterocycles. The number of aromatic nitrogens is 4. The maximum absolute atomic E-state index is 12.4. The lowest BCUT2D eigenvalue weighted by molar-refractivity contribution is -0.0300. The molecule has 0 aromatic carbocycles. The van der Waals surface area contributed by atoms with Crippen molar-refractivity contribution in [2.75, 3.05) is 26.2 Å². The predicted octanol–water partition coefficient (Wildman–Crippen LogP) is 7.29. The highest BCUT2D eigenvalue weighted by Crippen LogP contribution is 2.46. The van der Waals surface area contributed by atoms with Crippen LogP contribution in [0.15, 0.2) is 67.1 Å². The van der Waals surface area contributed by atoms with Gasteiger partial charge in [-0.05, 0) is 97.0 Å². The van der Waals surface area contributed by atoms with Gasteiger partial charge in [0.2, 0.25) is 11.8 Å². The minimum atomic E-state index is -0.484. The topological polar surface area (TPSA) is 113 Å². The van der Waals surface area contributed by atoms with Gasteiger partial charge in [0.1, 0.15) is 22.6 Å². The van der Waals surface area contributed by atoms with Gasteiger partial charge in [0.15, 0.2) is 11.2 Å². The number of hydrogen-bond donors (Lipinski definition) is 0. The highest BCUT2D eigenvalue weighted by atomic mass is 16.6. The maximum Gasteiger partial charge on any atom is 0.410 e. The summed E-state index contributed by atoms with van der Waals surface area (Å²) in [6.45, 7) is 15.8. The third kappa shape index (κ3) is 6.63. The van der Waals surface area contributed by atoms with E-state index in [1.165, 1.54) is 0 Å². The standard InChI is InChI=1S/C20H25N3O3.C19H23N3O3/c1-14-7-8-16-20(25-17-15(23(14)16)6-5-11-21-17)9-12-22(13-10-20)18(24)26-19(2,3)4;1-18(2,3)25-17(23)21-12-8-19(9-13-21)15-7-5-11-22(15)14-6-4-10-20-16(14)24-19/h5-8,11H,9-10,12-13H2,1-4H3;4-7,10-11H,8-9,12-13H2,1-3H3. The number of fused-ring (bicyclic) bond motifs is 8. The zero-order valence-corrected chi connectivity index (χ0v) is 30.6. The fourth-order valence-corrected chi connectivity index (χ4v) is 7.40. The van der Waals surface area contributed by atoms with E-state index in [0.29, 0.717) is 63.6 Å². The lowest BCUT2D eigenvalue weighted by atomic mass is 9.87. The third-order valence-corrected chi connectivity index (χ3v) is 9.79. The van der Waals surface area contributed by atoms with Crippen LogP contribution in [-0.2, 0) is 20.7 Å². The molecule has 8 rings (SSSR count). The Hall–Kier alpha value is -5.00. The van der Waals surface area contributed by atoms with Crippen LogP contribution < -0.4 is 9.47 Å². The molecule has 2 saturated heterocycles. The molecular weight excluding hydrogens is 648 g/mol. The Morgan fingerprint density at radius 3 is 1.69 bits per heavy atom. The number of hydrogen-bond acceptors (Lipinski definition) is 8. The summed E-state index contributed by atoms with van der Waals surface area (Å²) in [5, 5.41) is 0. The van der Waals surface area contributed by atoms with Crippen LogP contribution >= 0.6 is 0 Å². The molecule has 4 aromatic heterocycles. The second kappa shape index (κ2) is 12.6. The third-order valence-electron chi connectivity index (χ3n) is 9.79. The number of rotatable bonds is 0. The molecule has 0 aliphatic carbocycles. The molecule has 0 saturated carbocycles. The van der Waals surface area contributed by atoms with E-state index in [4.69, 9.17) is 18.9 Å². The molecule has 4 aromatic rings. The predicted molar refractivity (Wildman–Crippen MR) is 191 cm³/mol. The molecule has 51 heavy (non-hydrogen) atoms. The molecule has 2 amide bonds. The summed E-state index contributed by atoms with van der Waals surface area (Å²) in [5.41, 5.74) is 3.50. The molecule has 0 unspecified atom stereocenters. The molecule has 0 atom stereocenters. The Morgan fingerprint density at radius 1 is 0.667 bits per heavy atom. The van der Waals surface area contributed by atoms with Crippen molar-refractivity contribution in [2.45, 2.75) is 96.6 Å². The van der Waals surface area contributed by atoms with E-state index in [0.717, 1.165) is 28.5 Å². The van der Waals surface area contributed by atoms with Gasteiger partial charge in [0.25, 0.3) is 0 Å². The fourth-order valence-electron chi connectivity index (χ4n) is 7.40. The van der Waals surface area contributed by atoms with Crippen LogP contribution in [0, 0.1) is 6.92 Å². The summed E-state index contributed by atoms with van der Waals surface area (Å²) in [6.07, 6.45) is 7.89. The number of carbonyl (C=O) groups is 2. The summed E-state index contributed by atoms with van der Waals surface area (Å²) < 4.78 is 28.2. The van der Waals surface area contributed by atoms with Crippen molar-refractivity contribution in [3.05, 3.63) is 84.2 Å². The fraction of sp³-hybridized carbons (Fsp3) is 0.487. The van der Waals surface area contributed by atoms with Crippen LogP contribution in [0.4, 0.5) is 9.59 Å². The van der Waals surface area contributed by atoms with Gasteiger partial charge in [-0.1, -0.05) is 0 Å². The lowest BCUT2D eigenvalue weighted by Crippen LogP contribution is -2.51. The summed E-state index contributed by atoms with van der Waals surface area (Å²) >= 11 is 0. The van der Waals surface area contributed by atoms with Crippen LogP contribution in [0.1, 0.15) is 84.3 Å². The van der Waals surface area contributed by atoms with Crippen LogP contribution in [0.2, 0.25) is 0 Å². The molecule has 270 valence electrons. The van der Waals surface area contributed by atoms with E-state index in [1.54, 1.807) is 22.2 Å². The molecule has 4 aliphatic heterocycles. The molecule has 4 aliphatic rings. The van der Waals surface area contributed by atoms with Crippen molar-refractivity contribution in [1.29, 1.82) is 0 Å². The minimum absolute atomic E-state index is 0.256. The Morgan fingerprint density at radius 2 is 1.16 bits per heavy atom. The molecule has 0 bridgehead atoms. The van der Waals surface area contributed by atoms with Gasteiger partial charge in [-0.15, -0.1) is 0 Å². The highest BCUT2D eigenvalue weighted by molar-refractivity contribution is 5.69. The van der Waals surface area contributed by atoms with E-state index in [-0.39, 0.29) is 12.2 Å². The molecular formula is C39H48N6O6. The Bertz CT molecular complexity index is 1920. The highest BCUT2D eigenvalue weighted by Gasteiger charge is 2.47. The first-order valence-electron chi connectivity index (χ1n) is 17.8. The number of nitrogens with zero attached hydrogens (tertiary/aromatic N) is 6. The van der Waals surface area contributed by atoms with Crippen molar-refractivity contribution in [3.8, 4) is 23.1 Å². The quantitative estimate of drug-likeness (QED) is 0.188. The van der Waals surface area contributed by atoms with E-state index >= 15 is 0 Å². The SMILES string of the molecule is CC(C)(C)OC(=O)N1CCC2(CC1)Oc1ncccc1-n1cccc12.Cc1ccc2n1-c1cccnc1OC21CCN(C(=O)OC(C)(C)C)CC1. The minimum Gasteiger partial charge on any atom is -0.463 e. The van der Waals surface area contributed by atoms with E-state index < -0.39 is 22.4 Å².